The van der Waals surface area contributed by atoms with Gasteiger partial charge in [0.1, 0.15) is 0 Å². The molecule has 1 aliphatic heterocycles. The van der Waals surface area contributed by atoms with Gasteiger partial charge in [-0.2, -0.15) is 0 Å². The molecule has 102 valence electrons. The van der Waals surface area contributed by atoms with Crippen LogP contribution >= 0.6 is 11.8 Å². The Balaban J connectivity index is 2.59. The van der Waals surface area contributed by atoms with Gasteiger partial charge in [0, 0.05) is 6.07 Å². The van der Waals surface area contributed by atoms with Crippen LogP contribution in [0.25, 0.3) is 0 Å². The van der Waals surface area contributed by atoms with E-state index >= 15 is 0 Å². The summed E-state index contributed by atoms with van der Waals surface area (Å²) in [5, 5.41) is 7.99. The summed E-state index contributed by atoms with van der Waals surface area (Å²) in [7, 11) is 1.38. The summed E-state index contributed by atoms with van der Waals surface area (Å²) in [6.07, 6.45) is 0. The summed E-state index contributed by atoms with van der Waals surface area (Å²) in [5.74, 6) is -0.249. The molecule has 0 bridgehead atoms. The van der Waals surface area contributed by atoms with Gasteiger partial charge in [-0.15, -0.1) is 0 Å². The monoisotopic (exact) mass is 282 g/mol. The number of halogens is 1. The van der Waals surface area contributed by atoms with Gasteiger partial charge >= 0.3 is 0 Å². The number of thioether (sulfide) groups is 1. The Morgan fingerprint density at radius 1 is 1.47 bits per heavy atom. The maximum atomic E-state index is 13.8. The molecule has 2 rings (SSSR count). The van der Waals surface area contributed by atoms with E-state index in [4.69, 9.17) is 10.1 Å². The molecular weight excluding hydrogens is 267 g/mol. The number of methoxy groups -OCH3 is 1. The van der Waals surface area contributed by atoms with Crippen LogP contribution in [0.15, 0.2) is 12.1 Å². The summed E-state index contributed by atoms with van der Waals surface area (Å²) in [5.41, 5.74) is 1.23. The van der Waals surface area contributed by atoms with Gasteiger partial charge in [-0.1, -0.05) is 25.6 Å². The van der Waals surface area contributed by atoms with Crippen molar-refractivity contribution < 1.29 is 13.9 Å². The molecule has 1 heterocycles. The molecule has 4 nitrogen and oxygen atoms in total. The van der Waals surface area contributed by atoms with Crippen molar-refractivity contribution in [2.75, 3.05) is 17.8 Å². The first-order valence-electron chi connectivity index (χ1n) is 5.87. The number of anilines is 1. The third kappa shape index (κ3) is 2.45. The normalized spacial score (nSPS) is 15.5. The van der Waals surface area contributed by atoms with Gasteiger partial charge in [0.25, 0.3) is 0 Å². The number of carbonyl (C=O) groups is 1. The minimum Gasteiger partial charge on any atom is -0.494 e. The van der Waals surface area contributed by atoms with Crippen molar-refractivity contribution in [3.8, 4) is 5.75 Å². The van der Waals surface area contributed by atoms with Crippen LogP contribution in [0.1, 0.15) is 25.3 Å². The lowest BCUT2D eigenvalue weighted by atomic mass is 10.00. The molecule has 1 fully saturated rings. The smallest absolute Gasteiger partial charge is 0.243 e. The van der Waals surface area contributed by atoms with E-state index < -0.39 is 5.82 Å². The third-order valence-electron chi connectivity index (χ3n) is 2.95. The molecule has 19 heavy (non-hydrogen) atoms. The predicted molar refractivity (Wildman–Crippen MR) is 74.7 cm³/mol. The van der Waals surface area contributed by atoms with E-state index in [1.54, 1.807) is 0 Å². The number of amidine groups is 1. The van der Waals surface area contributed by atoms with E-state index in [1.807, 2.05) is 13.8 Å². The topological polar surface area (TPSA) is 53.4 Å². The number of nitrogens with one attached hydrogen (secondary N) is 1. The van der Waals surface area contributed by atoms with Gasteiger partial charge in [0.2, 0.25) is 5.91 Å². The molecule has 1 aromatic carbocycles. The zero-order chi connectivity index (χ0) is 14.2. The maximum absolute atomic E-state index is 13.8. The van der Waals surface area contributed by atoms with Crippen LogP contribution in [0.2, 0.25) is 0 Å². The van der Waals surface area contributed by atoms with Crippen molar-refractivity contribution in [3.63, 3.8) is 0 Å². The molecule has 0 radical (unpaired) electrons. The summed E-state index contributed by atoms with van der Waals surface area (Å²) in [4.78, 5) is 13.2. The Kier molecular flexibility index (Phi) is 3.80. The molecule has 1 aliphatic rings. The van der Waals surface area contributed by atoms with E-state index in [-0.39, 0.29) is 28.5 Å². The number of ether oxygens (including phenoxy) is 1. The lowest BCUT2D eigenvalue weighted by Crippen LogP contribution is -2.29. The van der Waals surface area contributed by atoms with Gasteiger partial charge in [0.15, 0.2) is 16.7 Å². The van der Waals surface area contributed by atoms with Crippen LogP contribution in [-0.2, 0) is 4.79 Å². The molecule has 1 amide bonds. The number of hydrogen-bond acceptors (Lipinski definition) is 4. The van der Waals surface area contributed by atoms with Crippen LogP contribution in [0.3, 0.4) is 0 Å². The van der Waals surface area contributed by atoms with Crippen molar-refractivity contribution in [1.29, 1.82) is 5.41 Å². The summed E-state index contributed by atoms with van der Waals surface area (Å²) >= 11 is 1.17. The van der Waals surface area contributed by atoms with Gasteiger partial charge in [-0.25, -0.2) is 4.39 Å². The van der Waals surface area contributed by atoms with Crippen LogP contribution in [0.5, 0.6) is 5.75 Å². The molecule has 0 unspecified atom stereocenters. The molecule has 6 heteroatoms. The molecule has 0 spiro atoms. The minimum absolute atomic E-state index is 0.0432. The summed E-state index contributed by atoms with van der Waals surface area (Å²) < 4.78 is 18.7. The van der Waals surface area contributed by atoms with Crippen LogP contribution < -0.4 is 9.64 Å². The van der Waals surface area contributed by atoms with Crippen molar-refractivity contribution >= 4 is 28.5 Å². The van der Waals surface area contributed by atoms with E-state index in [1.165, 1.54) is 35.9 Å². The molecule has 0 atom stereocenters. The second-order valence-corrected chi connectivity index (χ2v) is 5.49. The number of hydrogen-bond donors (Lipinski definition) is 1. The third-order valence-corrected chi connectivity index (χ3v) is 3.80. The molecular formula is C13H15FN2O2S. The van der Waals surface area contributed by atoms with E-state index in [0.717, 1.165) is 0 Å². The molecule has 1 aromatic rings. The lowest BCUT2D eigenvalue weighted by molar-refractivity contribution is -0.115. The quantitative estimate of drug-likeness (QED) is 0.927. The number of carbonyl (C=O) groups excluding carboxylic acids is 1. The number of amides is 1. The highest BCUT2D eigenvalue weighted by molar-refractivity contribution is 8.15. The van der Waals surface area contributed by atoms with Gasteiger partial charge < -0.3 is 4.74 Å². The van der Waals surface area contributed by atoms with Crippen molar-refractivity contribution in [2.45, 2.75) is 19.8 Å². The Bertz CT molecular complexity index is 530. The Labute approximate surface area is 115 Å². The fraction of sp³-hybridized carbons (Fsp3) is 0.385. The highest BCUT2D eigenvalue weighted by atomic mass is 32.2. The molecule has 1 saturated heterocycles. The molecule has 0 saturated carbocycles. The number of rotatable bonds is 3. The van der Waals surface area contributed by atoms with E-state index in [9.17, 15) is 9.18 Å². The van der Waals surface area contributed by atoms with Crippen LogP contribution in [0.4, 0.5) is 10.1 Å². The lowest BCUT2D eigenvalue weighted by Gasteiger charge is -2.22. The SMILES string of the molecule is COc1cc(N2C(=N)SCC2=O)c(C(C)C)cc1F. The zero-order valence-corrected chi connectivity index (χ0v) is 11.8. The van der Waals surface area contributed by atoms with Crippen molar-refractivity contribution in [2.24, 2.45) is 0 Å². The van der Waals surface area contributed by atoms with Crippen molar-refractivity contribution in [1.82, 2.24) is 0 Å². The number of nitrogens with zero attached hydrogens (tertiary/aromatic N) is 1. The second-order valence-electron chi connectivity index (χ2n) is 4.52. The van der Waals surface area contributed by atoms with Gasteiger partial charge in [-0.05, 0) is 17.5 Å². The van der Waals surface area contributed by atoms with E-state index in [2.05, 4.69) is 0 Å². The molecule has 0 aromatic heterocycles. The first kappa shape index (κ1) is 13.9. The fourth-order valence-electron chi connectivity index (χ4n) is 1.99. The molecule has 0 aliphatic carbocycles. The summed E-state index contributed by atoms with van der Waals surface area (Å²) in [6, 6.07) is 2.87. The average molecular weight is 282 g/mol. The van der Waals surface area contributed by atoms with E-state index in [0.29, 0.717) is 11.3 Å². The predicted octanol–water partition coefficient (Wildman–Crippen LogP) is 2.97. The minimum atomic E-state index is -0.458. The standard InChI is InChI=1S/C13H15FN2O2S/c1-7(2)8-4-9(14)11(18-3)5-10(8)16-12(17)6-19-13(16)15/h4-5,7,15H,6H2,1-3H3. The highest BCUT2D eigenvalue weighted by Crippen LogP contribution is 2.36. The first-order valence-corrected chi connectivity index (χ1v) is 6.86. The van der Waals surface area contributed by atoms with Gasteiger partial charge in [0.05, 0.1) is 18.6 Å². The number of benzene rings is 1. The average Bonchev–Trinajstić information content (AvgIpc) is 2.69. The first-order chi connectivity index (χ1) is 8.95. The highest BCUT2D eigenvalue weighted by Gasteiger charge is 2.31. The Morgan fingerprint density at radius 2 is 2.16 bits per heavy atom. The summed E-state index contributed by atoms with van der Waals surface area (Å²) in [6.45, 7) is 3.84. The van der Waals surface area contributed by atoms with Crippen molar-refractivity contribution in [3.05, 3.63) is 23.5 Å². The Morgan fingerprint density at radius 3 is 2.63 bits per heavy atom. The van der Waals surface area contributed by atoms with Gasteiger partial charge in [-0.3, -0.25) is 15.1 Å². The molecule has 1 N–H and O–H groups in total. The van der Waals surface area contributed by atoms with Crippen LogP contribution in [-0.4, -0.2) is 23.9 Å². The maximum Gasteiger partial charge on any atom is 0.243 e. The Hall–Kier alpha value is -1.56. The fourth-order valence-corrected chi connectivity index (χ4v) is 2.71. The second kappa shape index (κ2) is 5.21. The zero-order valence-electron chi connectivity index (χ0n) is 11.0. The van der Waals surface area contributed by atoms with Crippen LogP contribution in [0, 0.1) is 11.2 Å². The largest absolute Gasteiger partial charge is 0.494 e.